The van der Waals surface area contributed by atoms with E-state index in [0.717, 1.165) is 26.8 Å². The van der Waals surface area contributed by atoms with E-state index in [1.54, 1.807) is 17.8 Å². The number of nitrogens with one attached hydrogen (secondary N) is 1. The normalized spacial score (nSPS) is 32.5. The molecule has 3 N–H and O–H groups in total. The van der Waals surface area contributed by atoms with Crippen LogP contribution in [0.25, 0.3) is 0 Å². The maximum atomic E-state index is 13.3. The van der Waals surface area contributed by atoms with Crippen molar-refractivity contribution in [1.82, 2.24) is 9.88 Å². The van der Waals surface area contributed by atoms with E-state index >= 15 is 0 Å². The van der Waals surface area contributed by atoms with Crippen LogP contribution in [0.4, 0.5) is 0 Å². The second kappa shape index (κ2) is 8.12. The number of likely N-dealkylation sites (tertiary alicyclic amines) is 1. The summed E-state index contributed by atoms with van der Waals surface area (Å²) in [7, 11) is 0. The number of aliphatic carboxylic acids is 1. The topological polar surface area (TPSA) is 137 Å². The van der Waals surface area contributed by atoms with Crippen LogP contribution in [-0.2, 0) is 14.4 Å². The first-order valence-corrected chi connectivity index (χ1v) is 13.4. The predicted octanol–water partition coefficient (Wildman–Crippen LogP) is 2.49. The number of carbonyl (C=O) groups is 3. The van der Waals surface area contributed by atoms with Crippen LogP contribution in [0.5, 0.6) is 11.5 Å². The predicted molar refractivity (Wildman–Crippen MR) is 127 cm³/mol. The number of phenols is 1. The number of aromatic hydroxyl groups is 1. The zero-order chi connectivity index (χ0) is 24.6. The summed E-state index contributed by atoms with van der Waals surface area (Å²) < 4.78 is 5.62. The van der Waals surface area contributed by atoms with Crippen LogP contribution in [0.3, 0.4) is 0 Å². The SMILES string of the molecule is CCOc1cc([C@H]2c3sc(=O)[nH]c3S[C@H]3[C@@H]4C[C@H]([C@H]5C(=O)N(CCC(=O)O)C(=O)[C@H]45)[C@H]23)ccc1O. The number of thioether (sulfide) groups is 1. The maximum absolute atomic E-state index is 13.3. The van der Waals surface area contributed by atoms with Crippen LogP contribution in [0, 0.1) is 29.6 Å². The highest BCUT2D eigenvalue weighted by atomic mass is 32.2. The van der Waals surface area contributed by atoms with Crippen molar-refractivity contribution in [2.75, 3.05) is 13.2 Å². The van der Waals surface area contributed by atoms with Gasteiger partial charge in [-0.3, -0.25) is 24.1 Å². The third-order valence-electron chi connectivity index (χ3n) is 8.01. The standard InChI is InChI=1S/C24H24N2O7S2/c1-2-33-13-7-9(3-4-12(13)27)15-16-10-8-11(19(16)34-21-20(15)35-24(32)25-21)18-17(10)22(30)26(23(18)31)6-5-14(28)29/h3-4,7,10-11,15-19,27H,2,5-6,8H2,1H3,(H,25,32)(H,28,29)/t10-,11+,15+,16+,17+,18+,19-/m0/s1. The number of imide groups is 1. The van der Waals surface area contributed by atoms with Gasteiger partial charge in [0.25, 0.3) is 0 Å². The summed E-state index contributed by atoms with van der Waals surface area (Å²) in [6, 6.07) is 5.25. The number of phenolic OH excluding ortho intramolecular Hbond substituents is 1. The molecule has 1 aromatic carbocycles. The Labute approximate surface area is 208 Å². The van der Waals surface area contributed by atoms with E-state index in [0.29, 0.717) is 12.4 Å². The zero-order valence-corrected chi connectivity index (χ0v) is 20.4. The number of hydrogen-bond acceptors (Lipinski definition) is 8. The van der Waals surface area contributed by atoms with Gasteiger partial charge in [0.15, 0.2) is 11.5 Å². The van der Waals surface area contributed by atoms with Crippen molar-refractivity contribution in [2.45, 2.75) is 36.0 Å². The van der Waals surface area contributed by atoms with E-state index in [1.165, 1.54) is 11.3 Å². The first-order valence-electron chi connectivity index (χ1n) is 11.7. The minimum atomic E-state index is -1.04. The third kappa shape index (κ3) is 3.27. The molecule has 0 spiro atoms. The van der Waals surface area contributed by atoms with E-state index < -0.39 is 17.8 Å². The number of ether oxygens (including phenoxy) is 1. The van der Waals surface area contributed by atoms with Gasteiger partial charge < -0.3 is 19.9 Å². The molecule has 2 amide bonds. The van der Waals surface area contributed by atoms with E-state index in [1.807, 2.05) is 19.1 Å². The highest BCUT2D eigenvalue weighted by molar-refractivity contribution is 8.00. The van der Waals surface area contributed by atoms with Gasteiger partial charge in [0.05, 0.1) is 29.9 Å². The lowest BCUT2D eigenvalue weighted by molar-refractivity contribution is -0.142. The second-order valence-corrected chi connectivity index (χ2v) is 11.8. The molecule has 1 aromatic heterocycles. The largest absolute Gasteiger partial charge is 0.504 e. The van der Waals surface area contributed by atoms with Gasteiger partial charge in [-0.05, 0) is 48.8 Å². The number of H-pyrrole nitrogens is 1. The molecule has 9 nitrogen and oxygen atoms in total. The van der Waals surface area contributed by atoms with E-state index in [9.17, 15) is 24.3 Å². The molecule has 0 unspecified atom stereocenters. The first kappa shape index (κ1) is 22.7. The van der Waals surface area contributed by atoms with Crippen molar-refractivity contribution < 1.29 is 29.3 Å². The van der Waals surface area contributed by atoms with Gasteiger partial charge in [0.1, 0.15) is 0 Å². The average Bonchev–Trinajstić information content (AvgIpc) is 3.53. The average molecular weight is 517 g/mol. The summed E-state index contributed by atoms with van der Waals surface area (Å²) in [6.07, 6.45) is 0.497. The summed E-state index contributed by atoms with van der Waals surface area (Å²) in [4.78, 5) is 54.9. The molecule has 2 aromatic rings. The van der Waals surface area contributed by atoms with Gasteiger partial charge in [-0.1, -0.05) is 17.4 Å². The summed E-state index contributed by atoms with van der Waals surface area (Å²) in [5.41, 5.74) is 0.904. The molecule has 2 bridgehead atoms. The molecule has 2 aliphatic heterocycles. The smallest absolute Gasteiger partial charge is 0.305 e. The molecular formula is C24H24N2O7S2. The fourth-order valence-corrected chi connectivity index (χ4v) is 9.76. The van der Waals surface area contributed by atoms with Gasteiger partial charge in [-0.15, -0.1) is 11.8 Å². The van der Waals surface area contributed by atoms with Crippen LogP contribution in [0.2, 0.25) is 0 Å². The number of carboxylic acids is 1. The number of amides is 2. The quantitative estimate of drug-likeness (QED) is 0.498. The highest BCUT2D eigenvalue weighted by Gasteiger charge is 2.69. The molecular weight excluding hydrogens is 492 g/mol. The van der Waals surface area contributed by atoms with Crippen molar-refractivity contribution in [3.8, 4) is 11.5 Å². The molecule has 2 saturated carbocycles. The maximum Gasteiger partial charge on any atom is 0.305 e. The number of hydrogen-bond donors (Lipinski definition) is 3. The van der Waals surface area contributed by atoms with Crippen LogP contribution in [0.1, 0.15) is 36.1 Å². The van der Waals surface area contributed by atoms with Gasteiger partial charge in [0.2, 0.25) is 11.8 Å². The number of aromatic amines is 1. The van der Waals surface area contributed by atoms with Crippen LogP contribution >= 0.6 is 23.1 Å². The molecule has 0 radical (unpaired) electrons. The Bertz CT molecular complexity index is 1300. The Morgan fingerprint density at radius 1 is 1.20 bits per heavy atom. The number of fused-ring (bicyclic) bond motifs is 9. The van der Waals surface area contributed by atoms with Crippen LogP contribution in [-0.4, -0.2) is 56.3 Å². The molecule has 7 atom stereocenters. The molecule has 1 saturated heterocycles. The number of nitrogens with zero attached hydrogens (tertiary/aromatic N) is 1. The lowest BCUT2D eigenvalue weighted by atomic mass is 9.68. The highest BCUT2D eigenvalue weighted by Crippen LogP contribution is 2.68. The Kier molecular flexibility index (Phi) is 5.26. The Morgan fingerprint density at radius 2 is 1.94 bits per heavy atom. The van der Waals surface area contributed by atoms with Crippen LogP contribution in [0.15, 0.2) is 28.0 Å². The monoisotopic (exact) mass is 516 g/mol. The molecule has 2 aliphatic carbocycles. The zero-order valence-electron chi connectivity index (χ0n) is 18.8. The molecule has 3 heterocycles. The lowest BCUT2D eigenvalue weighted by Gasteiger charge is -2.43. The summed E-state index contributed by atoms with van der Waals surface area (Å²) in [5.74, 6) is -2.24. The number of aromatic nitrogens is 1. The number of thiazole rings is 1. The fraction of sp³-hybridized carbons (Fsp3) is 0.500. The molecule has 35 heavy (non-hydrogen) atoms. The number of benzene rings is 1. The van der Waals surface area contributed by atoms with Crippen molar-refractivity contribution in [2.24, 2.45) is 29.6 Å². The summed E-state index contributed by atoms with van der Waals surface area (Å²) in [5, 5.41) is 20.2. The van der Waals surface area contributed by atoms with E-state index in [-0.39, 0.29) is 64.3 Å². The van der Waals surface area contributed by atoms with Crippen LogP contribution < -0.4 is 9.61 Å². The van der Waals surface area contributed by atoms with E-state index in [4.69, 9.17) is 9.84 Å². The molecule has 4 aliphatic rings. The molecule has 3 fully saturated rings. The van der Waals surface area contributed by atoms with Gasteiger partial charge >= 0.3 is 10.8 Å². The molecule has 11 heteroatoms. The minimum absolute atomic E-state index is 0.0196. The minimum Gasteiger partial charge on any atom is -0.504 e. The first-order chi connectivity index (χ1) is 16.8. The molecule has 6 rings (SSSR count). The van der Waals surface area contributed by atoms with Gasteiger partial charge in [0, 0.05) is 22.6 Å². The van der Waals surface area contributed by atoms with Crippen molar-refractivity contribution in [1.29, 1.82) is 0 Å². The van der Waals surface area contributed by atoms with Crippen molar-refractivity contribution in [3.05, 3.63) is 38.3 Å². The van der Waals surface area contributed by atoms with Gasteiger partial charge in [-0.25, -0.2) is 0 Å². The van der Waals surface area contributed by atoms with Crippen molar-refractivity contribution in [3.63, 3.8) is 0 Å². The van der Waals surface area contributed by atoms with E-state index in [2.05, 4.69) is 4.98 Å². The van der Waals surface area contributed by atoms with Crippen molar-refractivity contribution >= 4 is 40.9 Å². The Hall–Kier alpha value is -2.79. The second-order valence-electron chi connectivity index (χ2n) is 9.59. The third-order valence-corrected chi connectivity index (χ3v) is 10.6. The number of carboxylic acid groups (broad SMARTS) is 1. The Morgan fingerprint density at radius 3 is 2.66 bits per heavy atom. The summed E-state index contributed by atoms with van der Waals surface area (Å²) >= 11 is 2.77. The molecule has 184 valence electrons. The lowest BCUT2D eigenvalue weighted by Crippen LogP contribution is -2.42. The number of rotatable bonds is 6. The fourth-order valence-electron chi connectivity index (χ4n) is 6.87. The van der Waals surface area contributed by atoms with Gasteiger partial charge in [-0.2, -0.15) is 0 Å². The number of carbonyl (C=O) groups excluding carboxylic acids is 2. The summed E-state index contributed by atoms with van der Waals surface area (Å²) in [6.45, 7) is 2.13. The Balaban J connectivity index is 1.42.